The molecule has 1 atom stereocenters. The van der Waals surface area contributed by atoms with E-state index in [1.54, 1.807) is 27.9 Å². The Bertz CT molecular complexity index is 751. The molecule has 1 aliphatic rings. The van der Waals surface area contributed by atoms with Crippen LogP contribution in [0.2, 0.25) is 5.02 Å². The van der Waals surface area contributed by atoms with E-state index in [9.17, 15) is 9.90 Å². The first-order valence-electron chi connectivity index (χ1n) is 8.93. The Kier molecular flexibility index (Phi) is 5.53. The van der Waals surface area contributed by atoms with Gasteiger partial charge in [-0.2, -0.15) is 5.10 Å². The van der Waals surface area contributed by atoms with Crippen molar-refractivity contribution in [2.45, 2.75) is 37.8 Å². The van der Waals surface area contributed by atoms with E-state index in [1.807, 2.05) is 32.3 Å². The molecule has 140 valence electrons. The second-order valence-electron chi connectivity index (χ2n) is 6.88. The maximum absolute atomic E-state index is 12.6. The Labute approximate surface area is 158 Å². The molecule has 1 fully saturated rings. The summed E-state index contributed by atoms with van der Waals surface area (Å²) in [6, 6.07) is 7.12. The number of aliphatic hydroxyl groups is 1. The van der Waals surface area contributed by atoms with Crippen LogP contribution >= 0.6 is 11.6 Å². The molecule has 1 aromatic carbocycles. The number of aryl methyl sites for hydroxylation is 1. The molecule has 7 heteroatoms. The van der Waals surface area contributed by atoms with Crippen molar-refractivity contribution in [2.24, 2.45) is 7.05 Å². The van der Waals surface area contributed by atoms with E-state index in [2.05, 4.69) is 10.4 Å². The SMILES string of the molecule is CC[C@@H](NC(=O)N1CCC(O)(c2ccc(Cl)cc2)CC1)c1cnn(C)c1. The molecule has 0 spiro atoms. The van der Waals surface area contributed by atoms with Gasteiger partial charge >= 0.3 is 6.03 Å². The maximum Gasteiger partial charge on any atom is 0.317 e. The van der Waals surface area contributed by atoms with Crippen LogP contribution in [-0.2, 0) is 12.6 Å². The predicted molar refractivity (Wildman–Crippen MR) is 101 cm³/mol. The summed E-state index contributed by atoms with van der Waals surface area (Å²) < 4.78 is 1.73. The summed E-state index contributed by atoms with van der Waals surface area (Å²) in [5, 5.41) is 18.8. The number of urea groups is 1. The lowest BCUT2D eigenvalue weighted by molar-refractivity contribution is -0.0170. The van der Waals surface area contributed by atoms with Crippen LogP contribution in [-0.4, -0.2) is 38.9 Å². The van der Waals surface area contributed by atoms with Crippen LogP contribution in [0.1, 0.15) is 43.4 Å². The number of piperidine rings is 1. The lowest BCUT2D eigenvalue weighted by atomic mass is 9.84. The van der Waals surface area contributed by atoms with Gasteiger partial charge in [-0.15, -0.1) is 0 Å². The topological polar surface area (TPSA) is 70.4 Å². The minimum Gasteiger partial charge on any atom is -0.385 e. The van der Waals surface area contributed by atoms with Crippen molar-refractivity contribution in [3.05, 3.63) is 52.8 Å². The first-order chi connectivity index (χ1) is 12.4. The number of halogens is 1. The van der Waals surface area contributed by atoms with E-state index in [-0.39, 0.29) is 12.1 Å². The molecule has 26 heavy (non-hydrogen) atoms. The molecule has 2 heterocycles. The monoisotopic (exact) mass is 376 g/mol. The zero-order valence-corrected chi connectivity index (χ0v) is 15.9. The number of hydrogen-bond donors (Lipinski definition) is 2. The van der Waals surface area contributed by atoms with Gasteiger partial charge in [0.1, 0.15) is 0 Å². The number of likely N-dealkylation sites (tertiary alicyclic amines) is 1. The van der Waals surface area contributed by atoms with Crippen LogP contribution in [0.25, 0.3) is 0 Å². The van der Waals surface area contributed by atoms with Crippen LogP contribution in [0.15, 0.2) is 36.7 Å². The average molecular weight is 377 g/mol. The predicted octanol–water partition coefficient (Wildman–Crippen LogP) is 3.22. The van der Waals surface area contributed by atoms with Crippen LogP contribution in [0.4, 0.5) is 4.79 Å². The summed E-state index contributed by atoms with van der Waals surface area (Å²) in [4.78, 5) is 14.4. The quantitative estimate of drug-likeness (QED) is 0.860. The Hall–Kier alpha value is -2.05. The number of rotatable bonds is 4. The van der Waals surface area contributed by atoms with Crippen LogP contribution in [0.5, 0.6) is 0 Å². The van der Waals surface area contributed by atoms with E-state index in [0.29, 0.717) is 31.0 Å². The highest BCUT2D eigenvalue weighted by Crippen LogP contribution is 2.33. The second kappa shape index (κ2) is 7.68. The molecule has 1 saturated heterocycles. The highest BCUT2D eigenvalue weighted by Gasteiger charge is 2.35. The average Bonchev–Trinajstić information content (AvgIpc) is 3.06. The summed E-state index contributed by atoms with van der Waals surface area (Å²) in [5.74, 6) is 0. The largest absolute Gasteiger partial charge is 0.385 e. The standard InChI is InChI=1S/C19H25ClN4O2/c1-3-17(14-12-21-23(2)13-14)22-18(25)24-10-8-19(26,9-11-24)15-4-6-16(20)7-5-15/h4-7,12-13,17,26H,3,8-11H2,1-2H3,(H,22,25)/t17-/m1/s1. The summed E-state index contributed by atoms with van der Waals surface area (Å²) >= 11 is 5.93. The normalized spacial score (nSPS) is 17.8. The van der Waals surface area contributed by atoms with Gasteiger partial charge < -0.3 is 15.3 Å². The molecule has 2 amide bonds. The van der Waals surface area contributed by atoms with Crippen molar-refractivity contribution in [3.8, 4) is 0 Å². The highest BCUT2D eigenvalue weighted by molar-refractivity contribution is 6.30. The third kappa shape index (κ3) is 4.02. The third-order valence-electron chi connectivity index (χ3n) is 5.09. The van der Waals surface area contributed by atoms with E-state index < -0.39 is 5.60 Å². The number of nitrogens with one attached hydrogen (secondary N) is 1. The first kappa shape index (κ1) is 18.7. The van der Waals surface area contributed by atoms with Gasteiger partial charge in [-0.05, 0) is 37.0 Å². The van der Waals surface area contributed by atoms with Gasteiger partial charge in [-0.25, -0.2) is 4.79 Å². The Morgan fingerprint density at radius 1 is 1.35 bits per heavy atom. The summed E-state index contributed by atoms with van der Waals surface area (Å²) in [6.45, 7) is 3.05. The highest BCUT2D eigenvalue weighted by atomic mass is 35.5. The molecular weight excluding hydrogens is 352 g/mol. The minimum atomic E-state index is -0.908. The Balaban J connectivity index is 1.60. The molecule has 2 N–H and O–H groups in total. The van der Waals surface area contributed by atoms with Crippen molar-refractivity contribution in [2.75, 3.05) is 13.1 Å². The van der Waals surface area contributed by atoms with Crippen molar-refractivity contribution < 1.29 is 9.90 Å². The van der Waals surface area contributed by atoms with Gasteiger partial charge in [0.25, 0.3) is 0 Å². The minimum absolute atomic E-state index is 0.0618. The number of nitrogens with zero attached hydrogens (tertiary/aromatic N) is 3. The zero-order chi connectivity index (χ0) is 18.7. The second-order valence-corrected chi connectivity index (χ2v) is 7.32. The Morgan fingerprint density at radius 3 is 2.54 bits per heavy atom. The molecule has 1 aromatic heterocycles. The van der Waals surface area contributed by atoms with Gasteiger partial charge in [0.15, 0.2) is 0 Å². The molecule has 1 aliphatic heterocycles. The van der Waals surface area contributed by atoms with E-state index in [0.717, 1.165) is 17.5 Å². The fraction of sp³-hybridized carbons (Fsp3) is 0.474. The molecule has 0 radical (unpaired) electrons. The van der Waals surface area contributed by atoms with Crippen molar-refractivity contribution >= 4 is 17.6 Å². The number of aromatic nitrogens is 2. The maximum atomic E-state index is 12.6. The van der Waals surface area contributed by atoms with E-state index in [1.165, 1.54) is 0 Å². The van der Waals surface area contributed by atoms with Gasteiger partial charge in [0.2, 0.25) is 0 Å². The summed E-state index contributed by atoms with van der Waals surface area (Å²) in [6.07, 6.45) is 5.51. The molecule has 3 rings (SSSR count). The van der Waals surface area contributed by atoms with Gasteiger partial charge in [0.05, 0.1) is 17.8 Å². The van der Waals surface area contributed by atoms with Crippen LogP contribution < -0.4 is 5.32 Å². The zero-order valence-electron chi connectivity index (χ0n) is 15.2. The van der Waals surface area contributed by atoms with Crippen molar-refractivity contribution in [3.63, 3.8) is 0 Å². The Morgan fingerprint density at radius 2 is 2.00 bits per heavy atom. The third-order valence-corrected chi connectivity index (χ3v) is 5.34. The van der Waals surface area contributed by atoms with Gasteiger partial charge in [0, 0.05) is 36.9 Å². The molecular formula is C19H25ClN4O2. The van der Waals surface area contributed by atoms with Crippen LogP contribution in [0.3, 0.4) is 0 Å². The molecule has 6 nitrogen and oxygen atoms in total. The van der Waals surface area contributed by atoms with Gasteiger partial charge in [-0.1, -0.05) is 30.7 Å². The summed E-state index contributed by atoms with van der Waals surface area (Å²) in [5.41, 5.74) is 0.941. The fourth-order valence-electron chi connectivity index (χ4n) is 3.41. The first-order valence-corrected chi connectivity index (χ1v) is 9.31. The lowest BCUT2D eigenvalue weighted by Crippen LogP contribution is -2.49. The number of benzene rings is 1. The molecule has 0 bridgehead atoms. The number of carbonyl (C=O) groups excluding carboxylic acids is 1. The van der Waals surface area contributed by atoms with E-state index >= 15 is 0 Å². The lowest BCUT2D eigenvalue weighted by Gasteiger charge is -2.39. The van der Waals surface area contributed by atoms with Crippen molar-refractivity contribution in [1.82, 2.24) is 20.0 Å². The molecule has 0 saturated carbocycles. The number of hydrogen-bond acceptors (Lipinski definition) is 3. The number of carbonyl (C=O) groups is 1. The smallest absolute Gasteiger partial charge is 0.317 e. The van der Waals surface area contributed by atoms with Crippen molar-refractivity contribution in [1.29, 1.82) is 0 Å². The summed E-state index contributed by atoms with van der Waals surface area (Å²) in [7, 11) is 1.86. The van der Waals surface area contributed by atoms with E-state index in [4.69, 9.17) is 11.6 Å². The van der Waals surface area contributed by atoms with Gasteiger partial charge in [-0.3, -0.25) is 4.68 Å². The number of amides is 2. The van der Waals surface area contributed by atoms with Crippen LogP contribution in [0, 0.1) is 0 Å². The fourth-order valence-corrected chi connectivity index (χ4v) is 3.54. The molecule has 2 aromatic rings. The molecule has 0 unspecified atom stereocenters. The molecule has 0 aliphatic carbocycles.